The highest BCUT2D eigenvalue weighted by Gasteiger charge is 2.13. The van der Waals surface area contributed by atoms with E-state index in [1.807, 2.05) is 0 Å². The van der Waals surface area contributed by atoms with Gasteiger partial charge in [0.05, 0.1) is 5.52 Å². The van der Waals surface area contributed by atoms with Crippen LogP contribution in [0.3, 0.4) is 0 Å². The van der Waals surface area contributed by atoms with Crippen molar-refractivity contribution in [3.05, 3.63) is 36.0 Å². The second-order valence-corrected chi connectivity index (χ2v) is 3.72. The largest absolute Gasteiger partial charge is 0.336 e. The van der Waals surface area contributed by atoms with Crippen LogP contribution in [0.2, 0.25) is 0 Å². The Hall–Kier alpha value is -2.24. The molecule has 0 aliphatic heterocycles. The van der Waals surface area contributed by atoms with E-state index in [-0.39, 0.29) is 5.52 Å². The lowest BCUT2D eigenvalue weighted by molar-refractivity contribution is 0.515. The molecule has 0 radical (unpaired) electrons. The predicted molar refractivity (Wildman–Crippen MR) is 58.2 cm³/mol. The summed E-state index contributed by atoms with van der Waals surface area (Å²) in [5, 5.41) is 4.13. The number of imidazole rings is 1. The summed E-state index contributed by atoms with van der Waals surface area (Å²) in [7, 11) is 1.77. The quantitative estimate of drug-likeness (QED) is 0.701. The summed E-state index contributed by atoms with van der Waals surface area (Å²) in [5.41, 5.74) is 1.03. The molecule has 0 unspecified atom stereocenters. The van der Waals surface area contributed by atoms with Crippen molar-refractivity contribution in [1.82, 2.24) is 19.7 Å². The average molecular weight is 234 g/mol. The summed E-state index contributed by atoms with van der Waals surface area (Å²) < 4.78 is 28.1. The van der Waals surface area contributed by atoms with Gasteiger partial charge in [-0.15, -0.1) is 0 Å². The fourth-order valence-electron chi connectivity index (χ4n) is 1.68. The van der Waals surface area contributed by atoms with Gasteiger partial charge in [-0.2, -0.15) is 5.10 Å². The Morgan fingerprint density at radius 1 is 1.24 bits per heavy atom. The molecule has 0 saturated carbocycles. The predicted octanol–water partition coefficient (Wildman–Crippen LogP) is 2.24. The molecule has 0 atom stereocenters. The van der Waals surface area contributed by atoms with Crippen LogP contribution < -0.4 is 0 Å². The molecule has 0 aliphatic rings. The van der Waals surface area contributed by atoms with Crippen LogP contribution in [-0.2, 0) is 7.05 Å². The summed E-state index contributed by atoms with van der Waals surface area (Å²) in [6, 6.07) is 4.26. The maximum Gasteiger partial charge on any atom is 0.186 e. The van der Waals surface area contributed by atoms with Crippen LogP contribution in [0.5, 0.6) is 0 Å². The minimum Gasteiger partial charge on any atom is -0.336 e. The Bertz CT molecular complexity index is 699. The van der Waals surface area contributed by atoms with E-state index in [1.54, 1.807) is 24.0 Å². The lowest BCUT2D eigenvalue weighted by Crippen LogP contribution is -1.88. The van der Waals surface area contributed by atoms with E-state index in [4.69, 9.17) is 0 Å². The number of aromatic amines is 1. The number of benzene rings is 1. The minimum absolute atomic E-state index is 0.00865. The summed E-state index contributed by atoms with van der Waals surface area (Å²) in [4.78, 5) is 6.91. The Morgan fingerprint density at radius 2 is 2.06 bits per heavy atom. The fraction of sp³-hybridized carbons (Fsp3) is 0.0909. The van der Waals surface area contributed by atoms with Crippen molar-refractivity contribution in [1.29, 1.82) is 0 Å². The topological polar surface area (TPSA) is 46.5 Å². The Labute approximate surface area is 94.9 Å². The second-order valence-electron chi connectivity index (χ2n) is 3.72. The van der Waals surface area contributed by atoms with Gasteiger partial charge in [0, 0.05) is 13.2 Å². The molecular weight excluding hydrogens is 226 g/mol. The molecule has 3 aromatic rings. The zero-order valence-corrected chi connectivity index (χ0v) is 8.91. The van der Waals surface area contributed by atoms with Gasteiger partial charge in [0.1, 0.15) is 11.2 Å². The van der Waals surface area contributed by atoms with Gasteiger partial charge < -0.3 is 4.98 Å². The van der Waals surface area contributed by atoms with Crippen LogP contribution in [-0.4, -0.2) is 19.7 Å². The molecule has 0 saturated heterocycles. The van der Waals surface area contributed by atoms with Gasteiger partial charge in [-0.05, 0) is 18.2 Å². The van der Waals surface area contributed by atoms with E-state index in [9.17, 15) is 8.78 Å². The first-order chi connectivity index (χ1) is 8.15. The van der Waals surface area contributed by atoms with Crippen molar-refractivity contribution in [2.45, 2.75) is 0 Å². The Kier molecular flexibility index (Phi) is 1.98. The number of halogens is 2. The number of hydrogen-bond acceptors (Lipinski definition) is 2. The van der Waals surface area contributed by atoms with Crippen molar-refractivity contribution in [3.8, 4) is 11.5 Å². The Balaban J connectivity index is 2.23. The summed E-state index contributed by atoms with van der Waals surface area (Å²) >= 11 is 0. The smallest absolute Gasteiger partial charge is 0.186 e. The van der Waals surface area contributed by atoms with Crippen LogP contribution >= 0.6 is 0 Å². The van der Waals surface area contributed by atoms with Crippen LogP contribution in [0.15, 0.2) is 24.4 Å². The number of nitrogens with one attached hydrogen (secondary N) is 1. The highest BCUT2D eigenvalue weighted by Crippen LogP contribution is 2.22. The van der Waals surface area contributed by atoms with Gasteiger partial charge in [-0.1, -0.05) is 0 Å². The molecule has 2 heterocycles. The number of aryl methyl sites for hydroxylation is 1. The number of aromatic nitrogens is 4. The number of hydrogen-bond donors (Lipinski definition) is 1. The third-order valence-electron chi connectivity index (χ3n) is 2.50. The first-order valence-corrected chi connectivity index (χ1v) is 4.99. The molecule has 1 aromatic carbocycles. The highest BCUT2D eigenvalue weighted by molar-refractivity contribution is 5.79. The van der Waals surface area contributed by atoms with Crippen molar-refractivity contribution in [3.63, 3.8) is 0 Å². The van der Waals surface area contributed by atoms with Gasteiger partial charge in [0.15, 0.2) is 17.5 Å². The molecule has 0 aliphatic carbocycles. The molecule has 17 heavy (non-hydrogen) atoms. The maximum atomic E-state index is 13.4. The molecule has 0 amide bonds. The molecule has 0 bridgehead atoms. The van der Waals surface area contributed by atoms with Crippen molar-refractivity contribution in [2.75, 3.05) is 0 Å². The van der Waals surface area contributed by atoms with Gasteiger partial charge in [-0.3, -0.25) is 4.68 Å². The third-order valence-corrected chi connectivity index (χ3v) is 2.50. The lowest BCUT2D eigenvalue weighted by Gasteiger charge is -1.91. The summed E-state index contributed by atoms with van der Waals surface area (Å²) in [5.74, 6) is -1.43. The van der Waals surface area contributed by atoms with Crippen LogP contribution in [0.1, 0.15) is 0 Å². The van der Waals surface area contributed by atoms with E-state index >= 15 is 0 Å². The fourth-order valence-corrected chi connectivity index (χ4v) is 1.68. The first-order valence-electron chi connectivity index (χ1n) is 4.99. The van der Waals surface area contributed by atoms with Gasteiger partial charge >= 0.3 is 0 Å². The van der Waals surface area contributed by atoms with Gasteiger partial charge in [0.2, 0.25) is 0 Å². The van der Waals surface area contributed by atoms with E-state index < -0.39 is 11.6 Å². The number of H-pyrrole nitrogens is 1. The van der Waals surface area contributed by atoms with Gasteiger partial charge in [0.25, 0.3) is 0 Å². The van der Waals surface area contributed by atoms with E-state index in [1.165, 1.54) is 6.07 Å². The normalized spacial score (nSPS) is 11.2. The zero-order valence-electron chi connectivity index (χ0n) is 8.91. The van der Waals surface area contributed by atoms with E-state index in [2.05, 4.69) is 15.1 Å². The standard InChI is InChI=1S/C11H8F2N4/c1-17-5-4-8(16-17)11-14-7-3-2-6(12)9(13)10(7)15-11/h2-5H,1H3,(H,14,15). The molecule has 2 aromatic heterocycles. The second kappa shape index (κ2) is 3.38. The molecule has 86 valence electrons. The van der Waals surface area contributed by atoms with E-state index in [0.29, 0.717) is 17.0 Å². The van der Waals surface area contributed by atoms with Gasteiger partial charge in [-0.25, -0.2) is 13.8 Å². The SMILES string of the molecule is Cn1ccc(-c2nc3c(F)c(F)ccc3[nH]2)n1. The third kappa shape index (κ3) is 1.49. The molecular formula is C11H8F2N4. The van der Waals surface area contributed by atoms with Crippen LogP contribution in [0.4, 0.5) is 8.78 Å². The van der Waals surface area contributed by atoms with Crippen LogP contribution in [0.25, 0.3) is 22.6 Å². The van der Waals surface area contributed by atoms with Crippen molar-refractivity contribution in [2.24, 2.45) is 7.05 Å². The maximum absolute atomic E-state index is 13.4. The molecule has 3 rings (SSSR count). The van der Waals surface area contributed by atoms with Crippen molar-refractivity contribution < 1.29 is 8.78 Å². The number of fused-ring (bicyclic) bond motifs is 1. The van der Waals surface area contributed by atoms with Crippen LogP contribution in [0, 0.1) is 11.6 Å². The number of nitrogens with zero attached hydrogens (tertiary/aromatic N) is 3. The zero-order chi connectivity index (χ0) is 12.0. The van der Waals surface area contributed by atoms with Crippen molar-refractivity contribution >= 4 is 11.0 Å². The summed E-state index contributed by atoms with van der Waals surface area (Å²) in [6.45, 7) is 0. The summed E-state index contributed by atoms with van der Waals surface area (Å²) in [6.07, 6.45) is 1.75. The average Bonchev–Trinajstić information content (AvgIpc) is 2.90. The minimum atomic E-state index is -0.944. The molecule has 0 spiro atoms. The molecule has 6 heteroatoms. The lowest BCUT2D eigenvalue weighted by atomic mass is 10.3. The van der Waals surface area contributed by atoms with E-state index in [0.717, 1.165) is 6.07 Å². The molecule has 1 N–H and O–H groups in total. The Morgan fingerprint density at radius 3 is 2.76 bits per heavy atom. The highest BCUT2D eigenvalue weighted by atomic mass is 19.2. The molecule has 4 nitrogen and oxygen atoms in total. The monoisotopic (exact) mass is 234 g/mol. The first kappa shape index (κ1) is 9.95. The number of rotatable bonds is 1. The molecule has 0 fully saturated rings.